The first kappa shape index (κ1) is 16.8. The molecule has 0 bridgehead atoms. The number of hydrogen-bond donors (Lipinski definition) is 0. The summed E-state index contributed by atoms with van der Waals surface area (Å²) in [4.78, 5) is 0. The molecule has 0 saturated heterocycles. The van der Waals surface area contributed by atoms with Crippen molar-refractivity contribution in [2.24, 2.45) is 0 Å². The molecule has 0 amide bonds. The van der Waals surface area contributed by atoms with Crippen LogP contribution in [0, 0.1) is 0 Å². The van der Waals surface area contributed by atoms with E-state index in [2.05, 4.69) is 75.3 Å². The summed E-state index contributed by atoms with van der Waals surface area (Å²) in [5, 5.41) is 8.99. The highest BCUT2D eigenvalue weighted by atomic mass is 16.6. The van der Waals surface area contributed by atoms with Crippen molar-refractivity contribution < 1.29 is 9.05 Å². The Bertz CT molecular complexity index is 1080. The molecule has 4 aromatic rings. The van der Waals surface area contributed by atoms with Crippen molar-refractivity contribution in [1.82, 2.24) is 10.3 Å². The number of hydrogen-bond acceptors (Lipinski definition) is 4. The average molecular weight is 348 g/mol. The van der Waals surface area contributed by atoms with Crippen LogP contribution in [-0.2, 0) is 17.3 Å². The van der Waals surface area contributed by atoms with E-state index in [9.17, 15) is 0 Å². The molecule has 26 heavy (non-hydrogen) atoms. The van der Waals surface area contributed by atoms with Crippen LogP contribution in [0.2, 0.25) is 0 Å². The molecule has 4 rings (SSSR count). The molecular formula is C22H24N2O2. The molecule has 0 aliphatic heterocycles. The Morgan fingerprint density at radius 3 is 2.31 bits per heavy atom. The van der Waals surface area contributed by atoms with E-state index in [0.717, 1.165) is 34.2 Å². The van der Waals surface area contributed by atoms with Gasteiger partial charge in [-0.15, -0.1) is 0 Å². The van der Waals surface area contributed by atoms with Crippen molar-refractivity contribution in [2.75, 3.05) is 0 Å². The van der Waals surface area contributed by atoms with Gasteiger partial charge < -0.3 is 4.42 Å². The molecule has 0 unspecified atom stereocenters. The van der Waals surface area contributed by atoms with Crippen LogP contribution >= 0.6 is 0 Å². The Labute approximate surface area is 153 Å². The van der Waals surface area contributed by atoms with Crippen LogP contribution in [0.25, 0.3) is 22.0 Å². The van der Waals surface area contributed by atoms with Gasteiger partial charge in [-0.1, -0.05) is 52.8 Å². The summed E-state index contributed by atoms with van der Waals surface area (Å²) >= 11 is 0. The van der Waals surface area contributed by atoms with E-state index in [-0.39, 0.29) is 10.8 Å². The quantitative estimate of drug-likeness (QED) is 0.470. The standard InChI is InChI=1S/C22H24N2O2/c1-21(2,3)15-7-6-14-10-17(25-20(14)12-15)13-22(4,5)16-8-9-18-19(11-16)24-26-23-18/h6-12H,13H2,1-5H3. The second-order valence-corrected chi connectivity index (χ2v) is 8.74. The van der Waals surface area contributed by atoms with Crippen molar-refractivity contribution in [3.05, 3.63) is 59.4 Å². The molecule has 2 aromatic heterocycles. The largest absolute Gasteiger partial charge is 0.461 e. The molecule has 2 aromatic carbocycles. The number of furan rings is 1. The van der Waals surface area contributed by atoms with Crippen LogP contribution < -0.4 is 0 Å². The highest BCUT2D eigenvalue weighted by molar-refractivity contribution is 5.79. The lowest BCUT2D eigenvalue weighted by Gasteiger charge is -2.24. The average Bonchev–Trinajstić information content (AvgIpc) is 3.17. The number of fused-ring (bicyclic) bond motifs is 2. The lowest BCUT2D eigenvalue weighted by atomic mass is 9.80. The zero-order valence-corrected chi connectivity index (χ0v) is 16.0. The van der Waals surface area contributed by atoms with Crippen LogP contribution in [-0.4, -0.2) is 10.3 Å². The van der Waals surface area contributed by atoms with Crippen LogP contribution in [0.1, 0.15) is 51.5 Å². The van der Waals surface area contributed by atoms with E-state index in [4.69, 9.17) is 9.05 Å². The van der Waals surface area contributed by atoms with E-state index in [1.54, 1.807) is 0 Å². The van der Waals surface area contributed by atoms with E-state index in [1.807, 2.05) is 12.1 Å². The first-order chi connectivity index (χ1) is 12.2. The second-order valence-electron chi connectivity index (χ2n) is 8.74. The minimum Gasteiger partial charge on any atom is -0.461 e. The summed E-state index contributed by atoms with van der Waals surface area (Å²) in [5.74, 6) is 0.995. The second kappa shape index (κ2) is 5.70. The van der Waals surface area contributed by atoms with Gasteiger partial charge in [-0.05, 0) is 56.5 Å². The Kier molecular flexibility index (Phi) is 3.69. The molecule has 0 saturated carbocycles. The monoisotopic (exact) mass is 348 g/mol. The minimum absolute atomic E-state index is 0.0894. The summed E-state index contributed by atoms with van der Waals surface area (Å²) in [6.07, 6.45) is 0.809. The zero-order valence-electron chi connectivity index (χ0n) is 16.0. The minimum atomic E-state index is -0.0894. The van der Waals surface area contributed by atoms with Gasteiger partial charge in [0.05, 0.1) is 0 Å². The van der Waals surface area contributed by atoms with Crippen molar-refractivity contribution in [3.8, 4) is 0 Å². The maximum atomic E-state index is 6.19. The van der Waals surface area contributed by atoms with Gasteiger partial charge in [0.1, 0.15) is 22.4 Å². The summed E-state index contributed by atoms with van der Waals surface area (Å²) in [6, 6.07) is 14.8. The molecule has 4 heteroatoms. The third kappa shape index (κ3) is 3.00. The van der Waals surface area contributed by atoms with Crippen LogP contribution in [0.5, 0.6) is 0 Å². The first-order valence-electron chi connectivity index (χ1n) is 8.98. The summed E-state index contributed by atoms with van der Waals surface area (Å²) < 4.78 is 11.0. The normalized spacial score (nSPS) is 13.0. The zero-order chi connectivity index (χ0) is 18.5. The molecule has 0 fully saturated rings. The van der Waals surface area contributed by atoms with Gasteiger partial charge in [-0.3, -0.25) is 0 Å². The number of nitrogens with zero attached hydrogens (tertiary/aromatic N) is 2. The molecule has 4 nitrogen and oxygen atoms in total. The van der Waals surface area contributed by atoms with Crippen molar-refractivity contribution in [2.45, 2.75) is 51.9 Å². The predicted molar refractivity (Wildman–Crippen MR) is 103 cm³/mol. The molecular weight excluding hydrogens is 324 g/mol. The fourth-order valence-corrected chi connectivity index (χ4v) is 3.38. The summed E-state index contributed by atoms with van der Waals surface area (Å²) in [5.41, 5.74) is 5.03. The van der Waals surface area contributed by atoms with E-state index < -0.39 is 0 Å². The summed E-state index contributed by atoms with van der Waals surface area (Å²) in [6.45, 7) is 11.1. The predicted octanol–water partition coefficient (Wildman–Crippen LogP) is 5.79. The van der Waals surface area contributed by atoms with Crippen LogP contribution in [0.3, 0.4) is 0 Å². The lowest BCUT2D eigenvalue weighted by Crippen LogP contribution is -2.20. The van der Waals surface area contributed by atoms with Crippen molar-refractivity contribution in [3.63, 3.8) is 0 Å². The van der Waals surface area contributed by atoms with Crippen LogP contribution in [0.15, 0.2) is 51.5 Å². The molecule has 0 N–H and O–H groups in total. The first-order valence-corrected chi connectivity index (χ1v) is 8.98. The van der Waals surface area contributed by atoms with Crippen LogP contribution in [0.4, 0.5) is 0 Å². The number of benzene rings is 2. The molecule has 0 spiro atoms. The SMILES string of the molecule is CC(C)(C)c1ccc2cc(CC(C)(C)c3ccc4nonc4c3)oc2c1. The van der Waals surface area contributed by atoms with Crippen molar-refractivity contribution >= 4 is 22.0 Å². The fourth-order valence-electron chi connectivity index (χ4n) is 3.38. The maximum absolute atomic E-state index is 6.19. The van der Waals surface area contributed by atoms with E-state index in [1.165, 1.54) is 11.1 Å². The number of rotatable bonds is 3. The topological polar surface area (TPSA) is 52.1 Å². The Balaban J connectivity index is 1.66. The lowest BCUT2D eigenvalue weighted by molar-refractivity contribution is 0.315. The van der Waals surface area contributed by atoms with Gasteiger partial charge in [-0.25, -0.2) is 4.63 Å². The van der Waals surface area contributed by atoms with Gasteiger partial charge in [0.25, 0.3) is 0 Å². The van der Waals surface area contributed by atoms with E-state index >= 15 is 0 Å². The highest BCUT2D eigenvalue weighted by Crippen LogP contribution is 2.33. The van der Waals surface area contributed by atoms with Gasteiger partial charge in [0.15, 0.2) is 0 Å². The Hall–Kier alpha value is -2.62. The van der Waals surface area contributed by atoms with Crippen molar-refractivity contribution in [1.29, 1.82) is 0 Å². The summed E-state index contributed by atoms with van der Waals surface area (Å²) in [7, 11) is 0. The third-order valence-electron chi connectivity index (χ3n) is 5.09. The number of aromatic nitrogens is 2. The molecule has 2 heterocycles. The molecule has 134 valence electrons. The van der Waals surface area contributed by atoms with Gasteiger partial charge in [-0.2, -0.15) is 0 Å². The van der Waals surface area contributed by atoms with Gasteiger partial charge in [0, 0.05) is 11.8 Å². The smallest absolute Gasteiger partial charge is 0.135 e. The molecule has 0 radical (unpaired) electrons. The Morgan fingerprint density at radius 2 is 1.54 bits per heavy atom. The third-order valence-corrected chi connectivity index (χ3v) is 5.09. The maximum Gasteiger partial charge on any atom is 0.135 e. The van der Waals surface area contributed by atoms with E-state index in [0.29, 0.717) is 0 Å². The molecule has 0 atom stereocenters. The molecule has 0 aliphatic carbocycles. The van der Waals surface area contributed by atoms with Gasteiger partial charge >= 0.3 is 0 Å². The fraction of sp³-hybridized carbons (Fsp3) is 0.364. The van der Waals surface area contributed by atoms with Gasteiger partial charge in [0.2, 0.25) is 0 Å². The molecule has 0 aliphatic rings. The Morgan fingerprint density at radius 1 is 0.808 bits per heavy atom. The highest BCUT2D eigenvalue weighted by Gasteiger charge is 2.24.